The number of thiophene rings is 1. The Labute approximate surface area is 118 Å². The maximum Gasteiger partial charge on any atom is 0.0632 e. The average molecular weight is 267 g/mol. The van der Waals surface area contributed by atoms with Gasteiger partial charge in [-0.15, -0.1) is 11.3 Å². The van der Waals surface area contributed by atoms with Crippen molar-refractivity contribution in [1.82, 2.24) is 0 Å². The Morgan fingerprint density at radius 1 is 0.947 bits per heavy atom. The van der Waals surface area contributed by atoms with Gasteiger partial charge < -0.3 is 4.90 Å². The summed E-state index contributed by atoms with van der Waals surface area (Å²) in [7, 11) is 2.17. The van der Waals surface area contributed by atoms with Crippen LogP contribution in [0.1, 0.15) is 6.92 Å². The zero-order valence-corrected chi connectivity index (χ0v) is 12.1. The molecule has 2 heteroatoms. The molecule has 1 heterocycles. The summed E-state index contributed by atoms with van der Waals surface area (Å²) in [6.45, 7) is 3.21. The van der Waals surface area contributed by atoms with Gasteiger partial charge in [0.2, 0.25) is 0 Å². The molecule has 3 rings (SSSR count). The maximum absolute atomic E-state index is 2.33. The first kappa shape index (κ1) is 12.2. The van der Waals surface area contributed by atoms with Crippen molar-refractivity contribution in [3.63, 3.8) is 0 Å². The third kappa shape index (κ3) is 2.13. The van der Waals surface area contributed by atoms with Crippen molar-refractivity contribution in [2.24, 2.45) is 0 Å². The van der Waals surface area contributed by atoms with Crippen LogP contribution in [0.5, 0.6) is 0 Å². The van der Waals surface area contributed by atoms with E-state index in [9.17, 15) is 0 Å². The van der Waals surface area contributed by atoms with Gasteiger partial charge in [-0.1, -0.05) is 48.5 Å². The number of anilines is 1. The first-order chi connectivity index (χ1) is 9.31. The topological polar surface area (TPSA) is 3.24 Å². The fourth-order valence-electron chi connectivity index (χ4n) is 2.35. The second-order valence-corrected chi connectivity index (χ2v) is 5.71. The minimum atomic E-state index is 1.01. The first-order valence-electron chi connectivity index (χ1n) is 6.59. The van der Waals surface area contributed by atoms with Crippen LogP contribution in [-0.4, -0.2) is 13.6 Å². The molecule has 0 spiro atoms. The molecule has 0 atom stereocenters. The van der Waals surface area contributed by atoms with Crippen molar-refractivity contribution in [3.05, 3.63) is 54.6 Å². The van der Waals surface area contributed by atoms with Gasteiger partial charge in [-0.2, -0.15) is 0 Å². The van der Waals surface area contributed by atoms with E-state index in [1.54, 1.807) is 0 Å². The number of rotatable bonds is 3. The van der Waals surface area contributed by atoms with Gasteiger partial charge in [0, 0.05) is 23.7 Å². The van der Waals surface area contributed by atoms with E-state index < -0.39 is 0 Å². The lowest BCUT2D eigenvalue weighted by Gasteiger charge is -2.18. The third-order valence-electron chi connectivity index (χ3n) is 3.46. The fraction of sp³-hybridized carbons (Fsp3) is 0.176. The summed E-state index contributed by atoms with van der Waals surface area (Å²) < 4.78 is 1.36. The lowest BCUT2D eigenvalue weighted by molar-refractivity contribution is 0.977. The van der Waals surface area contributed by atoms with Gasteiger partial charge in [-0.05, 0) is 18.6 Å². The van der Waals surface area contributed by atoms with Gasteiger partial charge >= 0.3 is 0 Å². The highest BCUT2D eigenvalue weighted by Gasteiger charge is 2.15. The highest BCUT2D eigenvalue weighted by atomic mass is 32.1. The van der Waals surface area contributed by atoms with Gasteiger partial charge in [0.05, 0.1) is 10.6 Å². The summed E-state index contributed by atoms with van der Waals surface area (Å²) in [5.41, 5.74) is 2.66. The largest absolute Gasteiger partial charge is 0.373 e. The van der Waals surface area contributed by atoms with Crippen LogP contribution in [0.3, 0.4) is 0 Å². The zero-order chi connectivity index (χ0) is 13.2. The maximum atomic E-state index is 2.33. The Morgan fingerprint density at radius 3 is 2.37 bits per heavy atom. The minimum Gasteiger partial charge on any atom is -0.373 e. The molecule has 0 saturated carbocycles. The number of fused-ring (bicyclic) bond motifs is 1. The lowest BCUT2D eigenvalue weighted by Crippen LogP contribution is -2.15. The van der Waals surface area contributed by atoms with Gasteiger partial charge in [-0.25, -0.2) is 0 Å². The van der Waals surface area contributed by atoms with Crippen molar-refractivity contribution in [3.8, 4) is 10.4 Å². The van der Waals surface area contributed by atoms with E-state index in [0.717, 1.165) is 6.54 Å². The Balaban J connectivity index is 2.29. The molecule has 1 aromatic heterocycles. The van der Waals surface area contributed by atoms with E-state index in [0.29, 0.717) is 0 Å². The Hall–Kier alpha value is -1.80. The highest BCUT2D eigenvalue weighted by Crippen LogP contribution is 2.44. The van der Waals surface area contributed by atoms with Crippen molar-refractivity contribution in [2.45, 2.75) is 6.92 Å². The summed E-state index contributed by atoms with van der Waals surface area (Å²) in [4.78, 5) is 3.70. The van der Waals surface area contributed by atoms with Gasteiger partial charge in [0.25, 0.3) is 0 Å². The number of hydrogen-bond donors (Lipinski definition) is 0. The molecular weight excluding hydrogens is 250 g/mol. The predicted molar refractivity (Wildman–Crippen MR) is 86.2 cm³/mol. The first-order valence-corrected chi connectivity index (χ1v) is 7.41. The molecule has 0 bridgehead atoms. The molecule has 2 aromatic carbocycles. The third-order valence-corrected chi connectivity index (χ3v) is 4.67. The molecular formula is C17H17NS. The van der Waals surface area contributed by atoms with Crippen LogP contribution in [0, 0.1) is 0 Å². The molecule has 0 N–H and O–H groups in total. The second kappa shape index (κ2) is 5.06. The van der Waals surface area contributed by atoms with Crippen molar-refractivity contribution < 1.29 is 0 Å². The number of benzene rings is 2. The Bertz CT molecular complexity index is 685. The van der Waals surface area contributed by atoms with Crippen molar-refractivity contribution in [2.75, 3.05) is 18.5 Å². The second-order valence-electron chi connectivity index (χ2n) is 4.66. The molecule has 96 valence electrons. The molecule has 19 heavy (non-hydrogen) atoms. The fourth-order valence-corrected chi connectivity index (χ4v) is 3.61. The van der Waals surface area contributed by atoms with E-state index >= 15 is 0 Å². The smallest absolute Gasteiger partial charge is 0.0632 e. The van der Waals surface area contributed by atoms with Crippen LogP contribution < -0.4 is 4.90 Å². The standard InChI is InChI=1S/C17H17NS/c1-3-18(2)16-14-11-7-8-12-15(14)19-17(16)13-9-5-4-6-10-13/h4-12H,3H2,1-2H3. The summed E-state index contributed by atoms with van der Waals surface area (Å²) in [5.74, 6) is 0. The molecule has 0 fully saturated rings. The monoisotopic (exact) mass is 267 g/mol. The summed E-state index contributed by atoms with van der Waals surface area (Å²) in [6, 6.07) is 19.3. The van der Waals surface area contributed by atoms with E-state index in [2.05, 4.69) is 73.5 Å². The highest BCUT2D eigenvalue weighted by molar-refractivity contribution is 7.23. The summed E-state index contributed by atoms with van der Waals surface area (Å²) in [6.07, 6.45) is 0. The zero-order valence-electron chi connectivity index (χ0n) is 11.3. The molecule has 0 aliphatic heterocycles. The molecule has 0 aliphatic rings. The van der Waals surface area contributed by atoms with Crippen molar-refractivity contribution in [1.29, 1.82) is 0 Å². The van der Waals surface area contributed by atoms with Crippen LogP contribution in [0.4, 0.5) is 5.69 Å². The van der Waals surface area contributed by atoms with E-state index in [4.69, 9.17) is 0 Å². The van der Waals surface area contributed by atoms with Crippen LogP contribution in [0.25, 0.3) is 20.5 Å². The Kier molecular flexibility index (Phi) is 3.26. The molecule has 0 amide bonds. The number of hydrogen-bond acceptors (Lipinski definition) is 2. The minimum absolute atomic E-state index is 1.01. The molecule has 3 aromatic rings. The van der Waals surface area contributed by atoms with E-state index in [-0.39, 0.29) is 0 Å². The summed E-state index contributed by atoms with van der Waals surface area (Å²) in [5, 5.41) is 1.36. The molecule has 0 saturated heterocycles. The predicted octanol–water partition coefficient (Wildman–Crippen LogP) is 5.02. The SMILES string of the molecule is CCN(C)c1c(-c2ccccc2)sc2ccccc12. The normalized spacial score (nSPS) is 10.8. The number of nitrogens with zero attached hydrogens (tertiary/aromatic N) is 1. The quantitative estimate of drug-likeness (QED) is 0.643. The molecule has 0 unspecified atom stereocenters. The van der Waals surface area contributed by atoms with Gasteiger partial charge in [0.15, 0.2) is 0 Å². The van der Waals surface area contributed by atoms with Crippen LogP contribution in [-0.2, 0) is 0 Å². The van der Waals surface area contributed by atoms with Crippen LogP contribution >= 0.6 is 11.3 Å². The van der Waals surface area contributed by atoms with E-state index in [1.807, 2.05) is 11.3 Å². The molecule has 0 radical (unpaired) electrons. The lowest BCUT2D eigenvalue weighted by atomic mass is 10.1. The average Bonchev–Trinajstić information content (AvgIpc) is 2.87. The van der Waals surface area contributed by atoms with Crippen LogP contribution in [0.15, 0.2) is 54.6 Å². The Morgan fingerprint density at radius 2 is 1.63 bits per heavy atom. The molecule has 0 aliphatic carbocycles. The van der Waals surface area contributed by atoms with Gasteiger partial charge in [-0.3, -0.25) is 0 Å². The van der Waals surface area contributed by atoms with E-state index in [1.165, 1.54) is 26.2 Å². The van der Waals surface area contributed by atoms with Crippen LogP contribution in [0.2, 0.25) is 0 Å². The van der Waals surface area contributed by atoms with Gasteiger partial charge in [0.1, 0.15) is 0 Å². The molecule has 1 nitrogen and oxygen atoms in total. The van der Waals surface area contributed by atoms with Crippen molar-refractivity contribution >= 4 is 27.1 Å². The summed E-state index contributed by atoms with van der Waals surface area (Å²) >= 11 is 1.88.